The molecule has 1 saturated heterocycles. The van der Waals surface area contributed by atoms with E-state index in [9.17, 15) is 0 Å². The maximum atomic E-state index is 8.94. The molecule has 1 N–H and O–H groups in total. The van der Waals surface area contributed by atoms with Gasteiger partial charge in [-0.25, -0.2) is 0 Å². The zero-order valence-electron chi connectivity index (χ0n) is 10.3. The highest BCUT2D eigenvalue weighted by Crippen LogP contribution is 2.43. The van der Waals surface area contributed by atoms with Gasteiger partial charge in [-0.05, 0) is 64.7 Å². The van der Waals surface area contributed by atoms with Crippen LogP contribution in [0.1, 0.15) is 32.1 Å². The fourth-order valence-electron chi connectivity index (χ4n) is 2.46. The van der Waals surface area contributed by atoms with Crippen LogP contribution in [0.4, 0.5) is 0 Å². The maximum absolute atomic E-state index is 8.94. The third-order valence-electron chi connectivity index (χ3n) is 4.12. The van der Waals surface area contributed by atoms with E-state index in [0.29, 0.717) is 0 Å². The first kappa shape index (κ1) is 11.9. The van der Waals surface area contributed by atoms with Gasteiger partial charge in [-0.2, -0.15) is 5.26 Å². The molecule has 3 nitrogen and oxygen atoms in total. The van der Waals surface area contributed by atoms with Gasteiger partial charge in [-0.15, -0.1) is 0 Å². The highest BCUT2D eigenvalue weighted by Gasteiger charge is 2.42. The topological polar surface area (TPSA) is 39.1 Å². The molecule has 3 heteroatoms. The summed E-state index contributed by atoms with van der Waals surface area (Å²) in [6.07, 6.45) is 6.19. The van der Waals surface area contributed by atoms with Crippen molar-refractivity contribution in [3.8, 4) is 6.07 Å². The average Bonchev–Trinajstić information content (AvgIpc) is 3.08. The Morgan fingerprint density at radius 2 is 2.06 bits per heavy atom. The summed E-state index contributed by atoms with van der Waals surface area (Å²) in [7, 11) is 2.21. The van der Waals surface area contributed by atoms with Crippen LogP contribution >= 0.6 is 0 Å². The van der Waals surface area contributed by atoms with Gasteiger partial charge < -0.3 is 10.2 Å². The Bertz CT molecular complexity index is 257. The molecule has 0 bridgehead atoms. The summed E-state index contributed by atoms with van der Waals surface area (Å²) in [5.41, 5.74) is 0.0206. The maximum Gasteiger partial charge on any atom is 0.0703 e. The minimum atomic E-state index is 0.0206. The van der Waals surface area contributed by atoms with Gasteiger partial charge in [0.1, 0.15) is 0 Å². The number of hydrogen-bond donors (Lipinski definition) is 1. The van der Waals surface area contributed by atoms with E-state index < -0.39 is 0 Å². The van der Waals surface area contributed by atoms with Gasteiger partial charge in [0.05, 0.1) is 11.5 Å². The van der Waals surface area contributed by atoms with Crippen LogP contribution in [0.3, 0.4) is 0 Å². The van der Waals surface area contributed by atoms with E-state index in [1.807, 2.05) is 0 Å². The second kappa shape index (κ2) is 5.16. The van der Waals surface area contributed by atoms with Crippen molar-refractivity contribution >= 4 is 0 Å². The Balaban J connectivity index is 1.53. The number of rotatable bonds is 5. The van der Waals surface area contributed by atoms with Crippen LogP contribution in [0.5, 0.6) is 0 Å². The van der Waals surface area contributed by atoms with E-state index in [1.54, 1.807) is 0 Å². The van der Waals surface area contributed by atoms with Crippen molar-refractivity contribution in [1.82, 2.24) is 10.2 Å². The van der Waals surface area contributed by atoms with E-state index in [-0.39, 0.29) is 5.41 Å². The third-order valence-corrected chi connectivity index (χ3v) is 4.12. The number of nitriles is 1. The molecular formula is C13H23N3. The standard InChI is InChI=1S/C13H23N3/c1-16-8-3-12(4-9-16)2-7-15-11-13(10-14)5-6-13/h12,15H,2-9,11H2,1H3. The van der Waals surface area contributed by atoms with Crippen molar-refractivity contribution < 1.29 is 0 Å². The molecule has 2 aliphatic rings. The molecule has 0 spiro atoms. The average molecular weight is 221 g/mol. The molecule has 0 unspecified atom stereocenters. The van der Waals surface area contributed by atoms with Gasteiger partial charge in [-0.1, -0.05) is 0 Å². The minimum absolute atomic E-state index is 0.0206. The first-order valence-electron chi connectivity index (χ1n) is 6.55. The van der Waals surface area contributed by atoms with Crippen molar-refractivity contribution in [3.63, 3.8) is 0 Å². The predicted molar refractivity (Wildman–Crippen MR) is 65.0 cm³/mol. The monoisotopic (exact) mass is 221 g/mol. The van der Waals surface area contributed by atoms with E-state index in [1.165, 1.54) is 32.4 Å². The highest BCUT2D eigenvalue weighted by molar-refractivity contribution is 5.10. The summed E-state index contributed by atoms with van der Waals surface area (Å²) < 4.78 is 0. The van der Waals surface area contributed by atoms with Crippen LogP contribution in [-0.2, 0) is 0 Å². The largest absolute Gasteiger partial charge is 0.315 e. The van der Waals surface area contributed by atoms with Crippen molar-refractivity contribution in [2.75, 3.05) is 33.2 Å². The van der Waals surface area contributed by atoms with Gasteiger partial charge in [-0.3, -0.25) is 0 Å². The van der Waals surface area contributed by atoms with Crippen LogP contribution < -0.4 is 5.32 Å². The number of likely N-dealkylation sites (tertiary alicyclic amines) is 1. The van der Waals surface area contributed by atoms with Crippen LogP contribution in [-0.4, -0.2) is 38.1 Å². The Morgan fingerprint density at radius 1 is 1.38 bits per heavy atom. The molecule has 90 valence electrons. The van der Waals surface area contributed by atoms with Crippen molar-refractivity contribution in [2.45, 2.75) is 32.1 Å². The number of nitrogens with zero attached hydrogens (tertiary/aromatic N) is 2. The van der Waals surface area contributed by atoms with Gasteiger partial charge in [0.25, 0.3) is 0 Å². The van der Waals surface area contributed by atoms with E-state index in [2.05, 4.69) is 23.3 Å². The summed E-state index contributed by atoms with van der Waals surface area (Å²) in [6, 6.07) is 2.43. The van der Waals surface area contributed by atoms with Crippen molar-refractivity contribution in [1.29, 1.82) is 5.26 Å². The molecule has 1 aliphatic carbocycles. The molecule has 0 aromatic carbocycles. The zero-order chi connectivity index (χ0) is 11.4. The Kier molecular flexibility index (Phi) is 3.83. The minimum Gasteiger partial charge on any atom is -0.315 e. The summed E-state index contributed by atoms with van der Waals surface area (Å²) in [5, 5.41) is 12.4. The fraction of sp³-hybridized carbons (Fsp3) is 0.923. The molecule has 2 rings (SSSR count). The summed E-state index contributed by atoms with van der Waals surface area (Å²) in [6.45, 7) is 4.52. The Hall–Kier alpha value is -0.590. The lowest BCUT2D eigenvalue weighted by Gasteiger charge is -2.29. The van der Waals surface area contributed by atoms with E-state index in [4.69, 9.17) is 5.26 Å². The van der Waals surface area contributed by atoms with Crippen LogP contribution in [0.2, 0.25) is 0 Å². The molecule has 0 radical (unpaired) electrons. The summed E-state index contributed by atoms with van der Waals surface area (Å²) >= 11 is 0. The molecule has 2 fully saturated rings. The summed E-state index contributed by atoms with van der Waals surface area (Å²) in [5.74, 6) is 0.904. The van der Waals surface area contributed by atoms with Gasteiger partial charge in [0.2, 0.25) is 0 Å². The lowest BCUT2D eigenvalue weighted by atomic mass is 9.94. The molecule has 1 saturated carbocycles. The lowest BCUT2D eigenvalue weighted by Crippen LogP contribution is -2.32. The molecule has 1 aliphatic heterocycles. The molecule has 0 amide bonds. The first-order valence-corrected chi connectivity index (χ1v) is 6.55. The van der Waals surface area contributed by atoms with E-state index >= 15 is 0 Å². The molecule has 0 atom stereocenters. The summed E-state index contributed by atoms with van der Waals surface area (Å²) in [4.78, 5) is 2.42. The number of hydrogen-bond acceptors (Lipinski definition) is 3. The van der Waals surface area contributed by atoms with Crippen molar-refractivity contribution in [3.05, 3.63) is 0 Å². The molecular weight excluding hydrogens is 198 g/mol. The molecule has 0 aromatic heterocycles. The van der Waals surface area contributed by atoms with Crippen molar-refractivity contribution in [2.24, 2.45) is 11.3 Å². The molecule has 16 heavy (non-hydrogen) atoms. The SMILES string of the molecule is CN1CCC(CCNCC2(C#N)CC2)CC1. The zero-order valence-corrected chi connectivity index (χ0v) is 10.3. The third kappa shape index (κ3) is 3.20. The van der Waals surface area contributed by atoms with E-state index in [0.717, 1.165) is 31.8 Å². The predicted octanol–water partition coefficient (Wildman–Crippen LogP) is 1.61. The quantitative estimate of drug-likeness (QED) is 0.717. The van der Waals surface area contributed by atoms with Gasteiger partial charge in [0, 0.05) is 6.54 Å². The number of piperidine rings is 1. The van der Waals surface area contributed by atoms with Crippen LogP contribution in [0.15, 0.2) is 0 Å². The second-order valence-electron chi connectivity index (χ2n) is 5.60. The first-order chi connectivity index (χ1) is 7.74. The lowest BCUT2D eigenvalue weighted by molar-refractivity contribution is 0.211. The Morgan fingerprint density at radius 3 is 2.62 bits per heavy atom. The fourth-order valence-corrected chi connectivity index (χ4v) is 2.46. The van der Waals surface area contributed by atoms with Crippen LogP contribution in [0, 0.1) is 22.7 Å². The normalized spacial score (nSPS) is 25.2. The second-order valence-corrected chi connectivity index (χ2v) is 5.60. The Labute approximate surface area is 98.8 Å². The van der Waals surface area contributed by atoms with Gasteiger partial charge >= 0.3 is 0 Å². The molecule has 1 heterocycles. The van der Waals surface area contributed by atoms with Crippen LogP contribution in [0.25, 0.3) is 0 Å². The highest BCUT2D eigenvalue weighted by atomic mass is 15.1. The smallest absolute Gasteiger partial charge is 0.0703 e. The molecule has 0 aromatic rings. The number of nitrogens with one attached hydrogen (secondary N) is 1. The van der Waals surface area contributed by atoms with Gasteiger partial charge in [0.15, 0.2) is 0 Å².